The number of rotatable bonds is 5. The minimum Gasteiger partial charge on any atom is -0.309 e. The largest absolute Gasteiger partial charge is 0.309 e. The Morgan fingerprint density at radius 1 is 0.211 bits per heavy atom. The van der Waals surface area contributed by atoms with Crippen LogP contribution in [-0.2, 0) is 0 Å². The predicted molar refractivity (Wildman–Crippen MR) is 240 cm³/mol. The summed E-state index contributed by atoms with van der Waals surface area (Å²) in [5.41, 5.74) is 15.4. The molecule has 0 amide bonds. The lowest BCUT2D eigenvalue weighted by Gasteiger charge is -2.14. The monoisotopic (exact) mass is 725 g/mol. The van der Waals surface area contributed by atoms with Gasteiger partial charge < -0.3 is 13.7 Å². The summed E-state index contributed by atoms with van der Waals surface area (Å²) in [7, 11) is 0. The molecule has 0 unspecified atom stereocenters. The van der Waals surface area contributed by atoms with E-state index in [-0.39, 0.29) is 0 Å². The van der Waals surface area contributed by atoms with E-state index in [9.17, 15) is 0 Å². The van der Waals surface area contributed by atoms with Gasteiger partial charge in [0.25, 0.3) is 0 Å². The average molecular weight is 726 g/mol. The van der Waals surface area contributed by atoms with E-state index in [2.05, 4.69) is 226 Å². The van der Waals surface area contributed by atoms with Crippen LogP contribution in [0.25, 0.3) is 105 Å². The first-order chi connectivity index (χ1) is 28.3. The molecule has 9 aromatic carbocycles. The fourth-order valence-electron chi connectivity index (χ4n) is 9.32. The highest BCUT2D eigenvalue weighted by molar-refractivity contribution is 6.24. The second kappa shape index (κ2) is 12.5. The van der Waals surface area contributed by atoms with E-state index in [4.69, 9.17) is 0 Å². The first-order valence-electron chi connectivity index (χ1n) is 19.6. The molecule has 0 saturated carbocycles. The summed E-state index contributed by atoms with van der Waals surface area (Å²) in [5.74, 6) is 0. The van der Waals surface area contributed by atoms with Gasteiger partial charge in [0.15, 0.2) is 0 Å². The van der Waals surface area contributed by atoms with Crippen LogP contribution >= 0.6 is 0 Å². The number of aromatic nitrogens is 3. The number of fused-ring (bicyclic) bond motifs is 10. The molecule has 0 aliphatic heterocycles. The van der Waals surface area contributed by atoms with Gasteiger partial charge >= 0.3 is 0 Å². The van der Waals surface area contributed by atoms with Crippen molar-refractivity contribution in [3.63, 3.8) is 0 Å². The molecule has 3 nitrogen and oxygen atoms in total. The Morgan fingerprint density at radius 2 is 0.614 bits per heavy atom. The Labute approximate surface area is 329 Å². The van der Waals surface area contributed by atoms with Gasteiger partial charge in [-0.3, -0.25) is 0 Å². The molecule has 0 atom stereocenters. The van der Waals surface area contributed by atoms with E-state index >= 15 is 0 Å². The maximum atomic E-state index is 2.49. The topological polar surface area (TPSA) is 14.8 Å². The second-order valence-corrected chi connectivity index (χ2v) is 14.9. The van der Waals surface area contributed by atoms with Gasteiger partial charge in [0.1, 0.15) is 0 Å². The maximum Gasteiger partial charge on any atom is 0.0788 e. The van der Waals surface area contributed by atoms with Gasteiger partial charge in [0.2, 0.25) is 0 Å². The van der Waals surface area contributed by atoms with E-state index in [1.807, 2.05) is 0 Å². The molecule has 0 spiro atoms. The molecule has 12 aromatic rings. The highest BCUT2D eigenvalue weighted by Gasteiger charge is 2.22. The van der Waals surface area contributed by atoms with Crippen molar-refractivity contribution in [2.24, 2.45) is 0 Å². The zero-order valence-electron chi connectivity index (χ0n) is 31.0. The van der Waals surface area contributed by atoms with Crippen LogP contribution in [0.2, 0.25) is 0 Å². The van der Waals surface area contributed by atoms with Crippen LogP contribution in [0.3, 0.4) is 0 Å². The van der Waals surface area contributed by atoms with Gasteiger partial charge in [-0.05, 0) is 89.0 Å². The summed E-state index contributed by atoms with van der Waals surface area (Å²) in [5, 5.41) is 7.46. The van der Waals surface area contributed by atoms with E-state index in [0.717, 1.165) is 11.4 Å². The van der Waals surface area contributed by atoms with Crippen molar-refractivity contribution in [1.29, 1.82) is 0 Å². The maximum absolute atomic E-state index is 2.49. The van der Waals surface area contributed by atoms with Crippen molar-refractivity contribution >= 4 is 65.4 Å². The van der Waals surface area contributed by atoms with Crippen molar-refractivity contribution in [2.75, 3.05) is 0 Å². The van der Waals surface area contributed by atoms with E-state index in [1.54, 1.807) is 0 Å². The number of nitrogens with zero attached hydrogens (tertiary/aromatic N) is 3. The second-order valence-electron chi connectivity index (χ2n) is 14.9. The Morgan fingerprint density at radius 3 is 1.19 bits per heavy atom. The smallest absolute Gasteiger partial charge is 0.0788 e. The molecule has 12 rings (SSSR count). The molecular formula is C54H35N3. The van der Waals surface area contributed by atoms with Crippen LogP contribution in [0, 0.1) is 0 Å². The molecule has 3 aromatic heterocycles. The van der Waals surface area contributed by atoms with Crippen LogP contribution in [0.15, 0.2) is 212 Å². The standard InChI is InChI=1S/C54H35N3/c1-3-15-36(16-4-1)37-17-13-21-41(33-37)56-50-27-11-7-23-43(50)46-30-31-47-44-24-8-12-28-51(44)57(54(47)53(46)56)42-22-14-18-38(34-42)39-29-32-52-48(35-39)45-25-9-10-26-49(45)55(52)40-19-5-2-6-20-40/h1-35H. The molecule has 0 N–H and O–H groups in total. The first-order valence-corrected chi connectivity index (χ1v) is 19.6. The summed E-state index contributed by atoms with van der Waals surface area (Å²) in [6.45, 7) is 0. The minimum absolute atomic E-state index is 1.13. The number of benzene rings is 9. The molecule has 57 heavy (non-hydrogen) atoms. The Kier molecular flexibility index (Phi) is 6.93. The molecule has 0 radical (unpaired) electrons. The van der Waals surface area contributed by atoms with Gasteiger partial charge in [-0.25, -0.2) is 0 Å². The van der Waals surface area contributed by atoms with Crippen molar-refractivity contribution < 1.29 is 0 Å². The van der Waals surface area contributed by atoms with E-state index < -0.39 is 0 Å². The summed E-state index contributed by atoms with van der Waals surface area (Å²) in [4.78, 5) is 0. The molecule has 0 saturated heterocycles. The molecule has 0 aliphatic rings. The third-order valence-electron chi connectivity index (χ3n) is 11.8. The van der Waals surface area contributed by atoms with Crippen LogP contribution in [0.5, 0.6) is 0 Å². The lowest BCUT2D eigenvalue weighted by molar-refractivity contribution is 1.15. The zero-order chi connectivity index (χ0) is 37.5. The summed E-state index contributed by atoms with van der Waals surface area (Å²) in [6, 6.07) is 77.4. The van der Waals surface area contributed by atoms with Crippen LogP contribution in [-0.4, -0.2) is 13.7 Å². The molecule has 0 bridgehead atoms. The summed E-state index contributed by atoms with van der Waals surface area (Å²) in [6.07, 6.45) is 0. The normalized spacial score (nSPS) is 11.9. The van der Waals surface area contributed by atoms with Gasteiger partial charge in [-0.2, -0.15) is 0 Å². The number of hydrogen-bond donors (Lipinski definition) is 0. The number of hydrogen-bond acceptors (Lipinski definition) is 0. The molecule has 0 aliphatic carbocycles. The molecule has 3 heterocycles. The molecular weight excluding hydrogens is 691 g/mol. The quantitative estimate of drug-likeness (QED) is 0.168. The lowest BCUT2D eigenvalue weighted by atomic mass is 10.0. The Bertz CT molecular complexity index is 3510. The fourth-order valence-corrected chi connectivity index (χ4v) is 9.32. The number of para-hydroxylation sites is 4. The van der Waals surface area contributed by atoms with Crippen molar-refractivity contribution in [2.45, 2.75) is 0 Å². The van der Waals surface area contributed by atoms with Gasteiger partial charge in [-0.1, -0.05) is 146 Å². The molecule has 0 fully saturated rings. The van der Waals surface area contributed by atoms with Crippen molar-refractivity contribution in [3.8, 4) is 39.3 Å². The lowest BCUT2D eigenvalue weighted by Crippen LogP contribution is -1.99. The Hall–Kier alpha value is -7.62. The predicted octanol–water partition coefficient (Wildman–Crippen LogP) is 14.3. The fraction of sp³-hybridized carbons (Fsp3) is 0. The SMILES string of the molecule is c1ccc(-c2cccc(-n3c4ccccc4c4ccc5c6ccccc6n(-c6cccc(-c7ccc8c(c7)c7ccccc7n8-c7ccccc7)c6)c5c43)c2)cc1. The van der Waals surface area contributed by atoms with E-state index in [0.29, 0.717) is 0 Å². The van der Waals surface area contributed by atoms with E-state index in [1.165, 1.54) is 93.4 Å². The summed E-state index contributed by atoms with van der Waals surface area (Å²) < 4.78 is 7.35. The first kappa shape index (κ1) is 31.7. The molecule has 3 heteroatoms. The minimum atomic E-state index is 1.13. The van der Waals surface area contributed by atoms with Gasteiger partial charge in [0, 0.05) is 49.4 Å². The van der Waals surface area contributed by atoms with Crippen LogP contribution in [0.1, 0.15) is 0 Å². The van der Waals surface area contributed by atoms with Crippen molar-refractivity contribution in [3.05, 3.63) is 212 Å². The Balaban J connectivity index is 1.11. The van der Waals surface area contributed by atoms with Gasteiger partial charge in [0.05, 0.1) is 33.1 Å². The van der Waals surface area contributed by atoms with Crippen LogP contribution in [0.4, 0.5) is 0 Å². The third-order valence-corrected chi connectivity index (χ3v) is 11.8. The van der Waals surface area contributed by atoms with Gasteiger partial charge in [-0.15, -0.1) is 0 Å². The van der Waals surface area contributed by atoms with Crippen LogP contribution < -0.4 is 0 Å². The third kappa shape index (κ3) is 4.79. The highest BCUT2D eigenvalue weighted by Crippen LogP contribution is 2.43. The highest BCUT2D eigenvalue weighted by atomic mass is 15.0. The summed E-state index contributed by atoms with van der Waals surface area (Å²) >= 11 is 0. The average Bonchev–Trinajstić information content (AvgIpc) is 3.93. The molecule has 266 valence electrons. The van der Waals surface area contributed by atoms with Crippen molar-refractivity contribution in [1.82, 2.24) is 13.7 Å². The zero-order valence-corrected chi connectivity index (χ0v) is 31.0.